The van der Waals surface area contributed by atoms with Gasteiger partial charge in [-0.25, -0.2) is 0 Å². The van der Waals surface area contributed by atoms with Gasteiger partial charge in [0.25, 0.3) is 5.91 Å². The van der Waals surface area contributed by atoms with Crippen LogP contribution in [-0.2, 0) is 4.79 Å². The molecule has 2 aromatic rings. The lowest BCUT2D eigenvalue weighted by atomic mass is 10.1. The van der Waals surface area contributed by atoms with E-state index in [0.29, 0.717) is 24.2 Å². The molecular weight excluding hydrogens is 268 g/mol. The molecule has 0 aliphatic rings. The molecule has 1 N–H and O–H groups in total. The van der Waals surface area contributed by atoms with E-state index in [1.165, 1.54) is 4.90 Å². The molecule has 2 amide bonds. The average Bonchev–Trinajstić information content (AvgIpc) is 2.96. The van der Waals surface area contributed by atoms with Crippen LogP contribution in [0.1, 0.15) is 24.2 Å². The third-order valence-corrected chi connectivity index (χ3v) is 3.54. The van der Waals surface area contributed by atoms with E-state index < -0.39 is 0 Å². The van der Waals surface area contributed by atoms with Gasteiger partial charge in [-0.15, -0.1) is 0 Å². The summed E-state index contributed by atoms with van der Waals surface area (Å²) in [6, 6.07) is 5.43. The maximum Gasteiger partial charge on any atom is 0.256 e. The van der Waals surface area contributed by atoms with Crippen LogP contribution in [0, 0.1) is 0 Å². The zero-order valence-electron chi connectivity index (χ0n) is 12.6. The van der Waals surface area contributed by atoms with Crippen LogP contribution in [0.4, 0.5) is 0 Å². The van der Waals surface area contributed by atoms with Crippen LogP contribution in [0.2, 0.25) is 0 Å². The fourth-order valence-electron chi connectivity index (χ4n) is 2.30. The number of H-pyrrole nitrogens is 1. The molecule has 6 nitrogen and oxygen atoms in total. The Morgan fingerprint density at radius 1 is 1.24 bits per heavy atom. The molecule has 0 radical (unpaired) electrons. The van der Waals surface area contributed by atoms with E-state index in [4.69, 9.17) is 0 Å². The number of hydrogen-bond donors (Lipinski definition) is 1. The summed E-state index contributed by atoms with van der Waals surface area (Å²) in [5, 5.41) is 7.66. The Balaban J connectivity index is 2.16. The predicted molar refractivity (Wildman–Crippen MR) is 81.0 cm³/mol. The molecule has 0 aliphatic carbocycles. The Hall–Kier alpha value is -2.37. The van der Waals surface area contributed by atoms with Crippen molar-refractivity contribution in [3.63, 3.8) is 0 Å². The number of hydrogen-bond acceptors (Lipinski definition) is 3. The van der Waals surface area contributed by atoms with Crippen molar-refractivity contribution in [1.82, 2.24) is 20.0 Å². The Bertz CT molecular complexity index is 646. The molecule has 0 saturated carbocycles. The first-order chi connectivity index (χ1) is 10.1. The lowest BCUT2D eigenvalue weighted by Gasteiger charge is -2.23. The normalized spacial score (nSPS) is 10.6. The van der Waals surface area contributed by atoms with Crippen LogP contribution in [0.3, 0.4) is 0 Å². The largest absolute Gasteiger partial charge is 0.342 e. The van der Waals surface area contributed by atoms with Gasteiger partial charge in [-0.05, 0) is 19.9 Å². The van der Waals surface area contributed by atoms with E-state index in [9.17, 15) is 9.59 Å². The summed E-state index contributed by atoms with van der Waals surface area (Å²) < 4.78 is 0. The summed E-state index contributed by atoms with van der Waals surface area (Å²) in [6.45, 7) is 5.22. The molecule has 21 heavy (non-hydrogen) atoms. The van der Waals surface area contributed by atoms with Gasteiger partial charge >= 0.3 is 0 Å². The topological polar surface area (TPSA) is 69.3 Å². The highest BCUT2D eigenvalue weighted by Crippen LogP contribution is 2.17. The van der Waals surface area contributed by atoms with Crippen molar-refractivity contribution in [2.24, 2.45) is 0 Å². The summed E-state index contributed by atoms with van der Waals surface area (Å²) in [5.74, 6) is -0.238. The number of nitrogens with one attached hydrogen (secondary N) is 1. The molecule has 2 rings (SSSR count). The summed E-state index contributed by atoms with van der Waals surface area (Å²) in [4.78, 5) is 27.7. The van der Waals surface area contributed by atoms with Crippen LogP contribution in [0.15, 0.2) is 24.4 Å². The lowest BCUT2D eigenvalue weighted by molar-refractivity contribution is -0.131. The van der Waals surface area contributed by atoms with Crippen molar-refractivity contribution < 1.29 is 9.59 Å². The number of rotatable bonds is 5. The number of nitrogens with zero attached hydrogens (tertiary/aromatic N) is 3. The number of carbonyl (C=O) groups excluding carboxylic acids is 2. The summed E-state index contributed by atoms with van der Waals surface area (Å²) in [7, 11) is 1.64. The van der Waals surface area contributed by atoms with Crippen molar-refractivity contribution >= 4 is 22.7 Å². The van der Waals surface area contributed by atoms with Gasteiger partial charge in [-0.2, -0.15) is 5.10 Å². The Morgan fingerprint density at radius 3 is 2.62 bits per heavy atom. The Kier molecular flexibility index (Phi) is 4.57. The predicted octanol–water partition coefficient (Wildman–Crippen LogP) is 1.50. The maximum absolute atomic E-state index is 12.5. The van der Waals surface area contributed by atoms with Gasteiger partial charge in [0, 0.05) is 25.5 Å². The van der Waals surface area contributed by atoms with Gasteiger partial charge in [0.05, 0.1) is 23.8 Å². The van der Waals surface area contributed by atoms with Crippen LogP contribution >= 0.6 is 0 Å². The van der Waals surface area contributed by atoms with Crippen LogP contribution in [-0.4, -0.2) is 58.5 Å². The molecule has 0 saturated heterocycles. The summed E-state index contributed by atoms with van der Waals surface area (Å²) in [5.41, 5.74) is 1.23. The monoisotopic (exact) mass is 288 g/mol. The van der Waals surface area contributed by atoms with Crippen molar-refractivity contribution in [2.75, 3.05) is 26.7 Å². The minimum atomic E-state index is -0.189. The second-order valence-corrected chi connectivity index (χ2v) is 4.87. The number of fused-ring (bicyclic) bond motifs is 1. The highest BCUT2D eigenvalue weighted by molar-refractivity contribution is 6.06. The molecule has 1 heterocycles. The fourth-order valence-corrected chi connectivity index (χ4v) is 2.30. The summed E-state index contributed by atoms with van der Waals surface area (Å²) in [6.07, 6.45) is 1.67. The molecule has 0 spiro atoms. The van der Waals surface area contributed by atoms with E-state index in [1.807, 2.05) is 26.0 Å². The second-order valence-electron chi connectivity index (χ2n) is 4.87. The van der Waals surface area contributed by atoms with Crippen LogP contribution < -0.4 is 0 Å². The Labute approximate surface area is 123 Å². The third kappa shape index (κ3) is 3.04. The maximum atomic E-state index is 12.5. The minimum absolute atomic E-state index is 0.0485. The van der Waals surface area contributed by atoms with E-state index in [1.54, 1.807) is 24.2 Å². The molecule has 0 bridgehead atoms. The first-order valence-electron chi connectivity index (χ1n) is 7.03. The van der Waals surface area contributed by atoms with E-state index in [0.717, 1.165) is 5.39 Å². The van der Waals surface area contributed by atoms with Crippen molar-refractivity contribution in [3.05, 3.63) is 30.0 Å². The average molecular weight is 288 g/mol. The number of likely N-dealkylation sites (N-methyl/N-ethyl adjacent to an activating group) is 2. The molecule has 1 aromatic heterocycles. The van der Waals surface area contributed by atoms with Gasteiger partial charge < -0.3 is 9.80 Å². The molecule has 0 unspecified atom stereocenters. The number of aromatic nitrogens is 2. The number of para-hydroxylation sites is 1. The van der Waals surface area contributed by atoms with Crippen molar-refractivity contribution in [1.29, 1.82) is 0 Å². The van der Waals surface area contributed by atoms with Crippen LogP contribution in [0.25, 0.3) is 10.9 Å². The molecule has 6 heteroatoms. The van der Waals surface area contributed by atoms with E-state index in [-0.39, 0.29) is 18.4 Å². The van der Waals surface area contributed by atoms with Gasteiger partial charge in [-0.1, -0.05) is 12.1 Å². The standard InChI is InChI=1S/C15H20N4O2/c1-4-19(5-2)13(20)10-18(3)15(21)12-8-6-7-11-9-16-17-14(11)12/h6-9H,4-5,10H2,1-3H3,(H,16,17). The lowest BCUT2D eigenvalue weighted by Crippen LogP contribution is -2.41. The van der Waals surface area contributed by atoms with Crippen LogP contribution in [0.5, 0.6) is 0 Å². The van der Waals surface area contributed by atoms with Crippen molar-refractivity contribution in [3.8, 4) is 0 Å². The van der Waals surface area contributed by atoms with Crippen molar-refractivity contribution in [2.45, 2.75) is 13.8 Å². The number of benzene rings is 1. The number of carbonyl (C=O) groups is 2. The first kappa shape index (κ1) is 15.0. The molecule has 112 valence electrons. The molecule has 0 fully saturated rings. The molecular formula is C15H20N4O2. The van der Waals surface area contributed by atoms with Gasteiger partial charge in [-0.3, -0.25) is 14.7 Å². The zero-order valence-corrected chi connectivity index (χ0v) is 12.6. The van der Waals surface area contributed by atoms with Gasteiger partial charge in [0.1, 0.15) is 0 Å². The van der Waals surface area contributed by atoms with Gasteiger partial charge in [0.15, 0.2) is 0 Å². The molecule has 0 aliphatic heterocycles. The third-order valence-electron chi connectivity index (χ3n) is 3.54. The minimum Gasteiger partial charge on any atom is -0.342 e. The smallest absolute Gasteiger partial charge is 0.256 e. The van der Waals surface area contributed by atoms with E-state index in [2.05, 4.69) is 10.2 Å². The molecule has 0 atom stereocenters. The SMILES string of the molecule is CCN(CC)C(=O)CN(C)C(=O)c1cccc2cn[nH]c12. The molecule has 1 aromatic carbocycles. The van der Waals surface area contributed by atoms with Gasteiger partial charge in [0.2, 0.25) is 5.91 Å². The second kappa shape index (κ2) is 6.39. The Morgan fingerprint density at radius 2 is 1.95 bits per heavy atom. The highest BCUT2D eigenvalue weighted by atomic mass is 16.2. The number of amides is 2. The fraction of sp³-hybridized carbons (Fsp3) is 0.400. The highest BCUT2D eigenvalue weighted by Gasteiger charge is 2.19. The first-order valence-corrected chi connectivity index (χ1v) is 7.03. The number of aromatic amines is 1. The summed E-state index contributed by atoms with van der Waals surface area (Å²) >= 11 is 0. The van der Waals surface area contributed by atoms with E-state index >= 15 is 0 Å². The zero-order chi connectivity index (χ0) is 15.4. The quantitative estimate of drug-likeness (QED) is 0.906.